The standard InChI is InChI=1S/C17H25N3O/c1-19-17(21)13-8-9-14(18)16(11-13)20-10-4-6-12-5-2-3-7-15(12)20/h8-9,11-12,15H,2-7,10,18H2,1H3,(H,19,21). The SMILES string of the molecule is CNC(=O)c1ccc(N)c(N2CCCC3CCCCC32)c1. The highest BCUT2D eigenvalue weighted by Crippen LogP contribution is 2.39. The second-order valence-corrected chi connectivity index (χ2v) is 6.30. The predicted molar refractivity (Wildman–Crippen MR) is 86.6 cm³/mol. The first kappa shape index (κ1) is 14.2. The van der Waals surface area contributed by atoms with Crippen molar-refractivity contribution >= 4 is 17.3 Å². The summed E-state index contributed by atoms with van der Waals surface area (Å²) in [5.74, 6) is 0.754. The number of hydrogen-bond acceptors (Lipinski definition) is 3. The Morgan fingerprint density at radius 2 is 2.00 bits per heavy atom. The van der Waals surface area contributed by atoms with Gasteiger partial charge in [-0.2, -0.15) is 0 Å². The Labute approximate surface area is 126 Å². The average Bonchev–Trinajstić information content (AvgIpc) is 2.54. The quantitative estimate of drug-likeness (QED) is 0.822. The highest BCUT2D eigenvalue weighted by molar-refractivity contribution is 5.96. The van der Waals surface area contributed by atoms with Crippen molar-refractivity contribution < 1.29 is 4.79 Å². The van der Waals surface area contributed by atoms with Crippen LogP contribution in [0.3, 0.4) is 0 Å². The largest absolute Gasteiger partial charge is 0.397 e. The van der Waals surface area contributed by atoms with E-state index in [2.05, 4.69) is 10.2 Å². The van der Waals surface area contributed by atoms with Crippen LogP contribution in [-0.2, 0) is 0 Å². The molecule has 0 bridgehead atoms. The van der Waals surface area contributed by atoms with Gasteiger partial charge in [-0.1, -0.05) is 12.8 Å². The molecule has 21 heavy (non-hydrogen) atoms. The number of anilines is 2. The molecule has 0 radical (unpaired) electrons. The molecule has 1 amide bonds. The monoisotopic (exact) mass is 287 g/mol. The van der Waals surface area contributed by atoms with Crippen LogP contribution in [0, 0.1) is 5.92 Å². The second kappa shape index (κ2) is 5.96. The lowest BCUT2D eigenvalue weighted by molar-refractivity contribution is 0.0963. The molecule has 1 aromatic carbocycles. The molecule has 4 nitrogen and oxygen atoms in total. The van der Waals surface area contributed by atoms with Gasteiger partial charge in [0.25, 0.3) is 5.91 Å². The van der Waals surface area contributed by atoms with Crippen LogP contribution in [0.25, 0.3) is 0 Å². The molecule has 1 aliphatic carbocycles. The highest BCUT2D eigenvalue weighted by Gasteiger charge is 2.34. The summed E-state index contributed by atoms with van der Waals surface area (Å²) in [5, 5.41) is 2.69. The summed E-state index contributed by atoms with van der Waals surface area (Å²) >= 11 is 0. The maximum absolute atomic E-state index is 11.9. The number of nitrogen functional groups attached to an aromatic ring is 1. The molecule has 3 rings (SSSR count). The predicted octanol–water partition coefficient (Wildman–Crippen LogP) is 2.79. The van der Waals surface area contributed by atoms with E-state index in [-0.39, 0.29) is 5.91 Å². The van der Waals surface area contributed by atoms with E-state index < -0.39 is 0 Å². The van der Waals surface area contributed by atoms with Gasteiger partial charge in [0.15, 0.2) is 0 Å². The molecule has 2 atom stereocenters. The van der Waals surface area contributed by atoms with Crippen LogP contribution >= 0.6 is 0 Å². The van der Waals surface area contributed by atoms with Gasteiger partial charge in [-0.15, -0.1) is 0 Å². The molecule has 2 fully saturated rings. The van der Waals surface area contributed by atoms with Crippen molar-refractivity contribution in [3.63, 3.8) is 0 Å². The van der Waals surface area contributed by atoms with E-state index in [1.165, 1.54) is 38.5 Å². The van der Waals surface area contributed by atoms with Gasteiger partial charge in [-0.3, -0.25) is 4.79 Å². The molecule has 1 aromatic rings. The lowest BCUT2D eigenvalue weighted by atomic mass is 9.78. The molecule has 1 heterocycles. The number of nitrogens with two attached hydrogens (primary N) is 1. The number of carbonyl (C=O) groups excluding carboxylic acids is 1. The summed E-state index contributed by atoms with van der Waals surface area (Å²) < 4.78 is 0. The number of piperidine rings is 1. The molecular formula is C17H25N3O. The topological polar surface area (TPSA) is 58.4 Å². The van der Waals surface area contributed by atoms with Crippen LogP contribution in [0.4, 0.5) is 11.4 Å². The van der Waals surface area contributed by atoms with Crippen molar-refractivity contribution in [1.82, 2.24) is 5.32 Å². The van der Waals surface area contributed by atoms with Gasteiger partial charge in [0, 0.05) is 25.2 Å². The van der Waals surface area contributed by atoms with Crippen molar-refractivity contribution in [2.24, 2.45) is 5.92 Å². The summed E-state index contributed by atoms with van der Waals surface area (Å²) in [5.41, 5.74) is 8.74. The first-order valence-corrected chi connectivity index (χ1v) is 8.09. The van der Waals surface area contributed by atoms with E-state index >= 15 is 0 Å². The van der Waals surface area contributed by atoms with Gasteiger partial charge in [0.1, 0.15) is 0 Å². The fourth-order valence-corrected chi connectivity index (χ4v) is 4.00. The fraction of sp³-hybridized carbons (Fsp3) is 0.588. The van der Waals surface area contributed by atoms with E-state index in [4.69, 9.17) is 5.73 Å². The maximum atomic E-state index is 11.9. The molecule has 2 unspecified atom stereocenters. The van der Waals surface area contributed by atoms with E-state index in [0.717, 1.165) is 23.8 Å². The van der Waals surface area contributed by atoms with Crippen LogP contribution in [0.5, 0.6) is 0 Å². The smallest absolute Gasteiger partial charge is 0.251 e. The molecule has 4 heteroatoms. The summed E-state index contributed by atoms with van der Waals surface area (Å²) in [6.07, 6.45) is 7.85. The van der Waals surface area contributed by atoms with E-state index in [0.29, 0.717) is 11.6 Å². The Balaban J connectivity index is 1.92. The maximum Gasteiger partial charge on any atom is 0.251 e. The normalized spacial score (nSPS) is 25.3. The van der Waals surface area contributed by atoms with Crippen LogP contribution < -0.4 is 16.0 Å². The second-order valence-electron chi connectivity index (χ2n) is 6.30. The summed E-state index contributed by atoms with van der Waals surface area (Å²) in [6, 6.07) is 6.24. The highest BCUT2D eigenvalue weighted by atomic mass is 16.1. The molecule has 0 aromatic heterocycles. The Hall–Kier alpha value is -1.71. The number of rotatable bonds is 2. The molecular weight excluding hydrogens is 262 g/mol. The zero-order valence-electron chi connectivity index (χ0n) is 12.8. The number of carbonyl (C=O) groups is 1. The third-order valence-electron chi connectivity index (χ3n) is 5.07. The Bertz CT molecular complexity index is 527. The zero-order chi connectivity index (χ0) is 14.8. The van der Waals surface area contributed by atoms with Gasteiger partial charge in [0.05, 0.1) is 11.4 Å². The molecule has 2 aliphatic rings. The molecule has 1 saturated carbocycles. The van der Waals surface area contributed by atoms with Crippen LogP contribution in [0.15, 0.2) is 18.2 Å². The van der Waals surface area contributed by atoms with Gasteiger partial charge < -0.3 is 16.0 Å². The third-order valence-corrected chi connectivity index (χ3v) is 5.07. The summed E-state index contributed by atoms with van der Waals surface area (Å²) in [4.78, 5) is 14.3. The molecule has 1 saturated heterocycles. The first-order chi connectivity index (χ1) is 10.2. The zero-order valence-corrected chi connectivity index (χ0v) is 12.8. The van der Waals surface area contributed by atoms with E-state index in [1.807, 2.05) is 12.1 Å². The Kier molecular flexibility index (Phi) is 4.04. The van der Waals surface area contributed by atoms with Gasteiger partial charge >= 0.3 is 0 Å². The minimum Gasteiger partial charge on any atom is -0.397 e. The van der Waals surface area contributed by atoms with E-state index in [1.54, 1.807) is 13.1 Å². The minimum atomic E-state index is -0.0477. The number of amides is 1. The van der Waals surface area contributed by atoms with Crippen LogP contribution in [0.1, 0.15) is 48.9 Å². The van der Waals surface area contributed by atoms with Crippen LogP contribution in [-0.4, -0.2) is 25.5 Å². The lowest BCUT2D eigenvalue weighted by Gasteiger charge is -2.45. The van der Waals surface area contributed by atoms with Crippen molar-refractivity contribution in [3.05, 3.63) is 23.8 Å². The number of hydrogen-bond donors (Lipinski definition) is 2. The van der Waals surface area contributed by atoms with Crippen molar-refractivity contribution in [3.8, 4) is 0 Å². The number of nitrogens with one attached hydrogen (secondary N) is 1. The Morgan fingerprint density at radius 3 is 2.81 bits per heavy atom. The lowest BCUT2D eigenvalue weighted by Crippen LogP contribution is -2.47. The minimum absolute atomic E-state index is 0.0477. The average molecular weight is 287 g/mol. The molecule has 114 valence electrons. The number of fused-ring (bicyclic) bond motifs is 1. The van der Waals surface area contributed by atoms with Gasteiger partial charge in [0.2, 0.25) is 0 Å². The van der Waals surface area contributed by atoms with E-state index in [9.17, 15) is 4.79 Å². The number of nitrogens with zero attached hydrogens (tertiary/aromatic N) is 1. The third kappa shape index (κ3) is 2.71. The van der Waals surface area contributed by atoms with Crippen molar-refractivity contribution in [2.75, 3.05) is 24.2 Å². The first-order valence-electron chi connectivity index (χ1n) is 8.09. The van der Waals surface area contributed by atoms with Gasteiger partial charge in [-0.25, -0.2) is 0 Å². The van der Waals surface area contributed by atoms with Crippen LogP contribution in [0.2, 0.25) is 0 Å². The van der Waals surface area contributed by atoms with Crippen molar-refractivity contribution in [2.45, 2.75) is 44.6 Å². The Morgan fingerprint density at radius 1 is 1.24 bits per heavy atom. The molecule has 1 aliphatic heterocycles. The summed E-state index contributed by atoms with van der Waals surface area (Å²) in [7, 11) is 1.66. The molecule has 3 N–H and O–H groups in total. The number of benzene rings is 1. The summed E-state index contributed by atoms with van der Waals surface area (Å²) in [6.45, 7) is 1.06. The van der Waals surface area contributed by atoms with Crippen molar-refractivity contribution in [1.29, 1.82) is 0 Å². The van der Waals surface area contributed by atoms with Gasteiger partial charge in [-0.05, 0) is 49.8 Å². The molecule has 0 spiro atoms. The fourth-order valence-electron chi connectivity index (χ4n) is 4.00.